The third-order valence-electron chi connectivity index (χ3n) is 5.66. The SMILES string of the molecule is CCOc1c(F)cc(Cc2cc(C3CC(O)CC(C)O3)c3ccccc3c2Cl)cc1F. The van der Waals surface area contributed by atoms with E-state index < -0.39 is 17.7 Å². The van der Waals surface area contributed by atoms with Gasteiger partial charge in [0.1, 0.15) is 0 Å². The molecule has 3 nitrogen and oxygen atoms in total. The molecule has 1 N–H and O–H groups in total. The molecule has 1 aliphatic rings. The Bertz CT molecular complexity index is 1070. The van der Waals surface area contributed by atoms with Crippen LogP contribution in [0, 0.1) is 11.6 Å². The van der Waals surface area contributed by atoms with Crippen LogP contribution in [0.4, 0.5) is 8.78 Å². The zero-order chi connectivity index (χ0) is 22.1. The minimum Gasteiger partial charge on any atom is -0.488 e. The Morgan fingerprint density at radius 1 is 1.10 bits per heavy atom. The first-order valence-electron chi connectivity index (χ1n) is 10.5. The lowest BCUT2D eigenvalue weighted by Crippen LogP contribution is -2.29. The van der Waals surface area contributed by atoms with Crippen LogP contribution in [0.2, 0.25) is 5.02 Å². The molecule has 0 radical (unpaired) electrons. The molecule has 6 heteroatoms. The quantitative estimate of drug-likeness (QED) is 0.495. The zero-order valence-corrected chi connectivity index (χ0v) is 18.3. The predicted octanol–water partition coefficient (Wildman–Crippen LogP) is 6.36. The molecule has 1 aliphatic heterocycles. The highest BCUT2D eigenvalue weighted by molar-refractivity contribution is 6.36. The minimum absolute atomic E-state index is 0.0686. The third-order valence-corrected chi connectivity index (χ3v) is 6.11. The average Bonchev–Trinajstić information content (AvgIpc) is 2.72. The minimum atomic E-state index is -0.735. The monoisotopic (exact) mass is 446 g/mol. The van der Waals surface area contributed by atoms with Gasteiger partial charge in [0, 0.05) is 11.8 Å². The first-order valence-corrected chi connectivity index (χ1v) is 10.9. The van der Waals surface area contributed by atoms with E-state index in [4.69, 9.17) is 21.1 Å². The molecule has 0 aliphatic carbocycles. The van der Waals surface area contributed by atoms with Gasteiger partial charge >= 0.3 is 0 Å². The second-order valence-electron chi connectivity index (χ2n) is 8.04. The van der Waals surface area contributed by atoms with Crippen molar-refractivity contribution < 1.29 is 23.4 Å². The standard InChI is InChI=1S/C25H25ClF2O3/c1-3-30-25-21(27)10-15(11-22(25)28)9-16-12-20(23-13-17(29)8-14(2)31-23)18-6-4-5-7-19(18)24(16)26/h4-7,10-12,14,17,23,29H,3,8-9,13H2,1-2H3. The largest absolute Gasteiger partial charge is 0.488 e. The number of benzene rings is 3. The summed E-state index contributed by atoms with van der Waals surface area (Å²) in [4.78, 5) is 0. The Morgan fingerprint density at radius 2 is 1.77 bits per heavy atom. The maximum absolute atomic E-state index is 14.4. The van der Waals surface area contributed by atoms with E-state index in [-0.39, 0.29) is 31.0 Å². The van der Waals surface area contributed by atoms with Gasteiger partial charge in [-0.1, -0.05) is 41.9 Å². The Labute approximate surface area is 185 Å². The van der Waals surface area contributed by atoms with Crippen LogP contribution in [0.1, 0.15) is 49.5 Å². The first kappa shape index (κ1) is 22.0. The van der Waals surface area contributed by atoms with E-state index in [9.17, 15) is 13.9 Å². The van der Waals surface area contributed by atoms with Crippen molar-refractivity contribution in [3.8, 4) is 5.75 Å². The van der Waals surface area contributed by atoms with Crippen molar-refractivity contribution in [3.05, 3.63) is 75.8 Å². The van der Waals surface area contributed by atoms with Crippen molar-refractivity contribution in [2.75, 3.05) is 6.61 Å². The topological polar surface area (TPSA) is 38.7 Å². The lowest BCUT2D eigenvalue weighted by Gasteiger charge is -2.32. The molecule has 3 atom stereocenters. The second kappa shape index (κ2) is 9.11. The van der Waals surface area contributed by atoms with Crippen molar-refractivity contribution in [3.63, 3.8) is 0 Å². The van der Waals surface area contributed by atoms with Crippen LogP contribution >= 0.6 is 11.6 Å². The normalized spacial score (nSPS) is 21.4. The summed E-state index contributed by atoms with van der Waals surface area (Å²) in [5, 5.41) is 12.6. The van der Waals surface area contributed by atoms with E-state index >= 15 is 0 Å². The third kappa shape index (κ3) is 4.54. The van der Waals surface area contributed by atoms with Crippen molar-refractivity contribution in [2.45, 2.75) is 51.4 Å². The van der Waals surface area contributed by atoms with E-state index in [0.717, 1.165) is 21.9 Å². The van der Waals surface area contributed by atoms with Gasteiger partial charge in [-0.15, -0.1) is 0 Å². The van der Waals surface area contributed by atoms with Crippen LogP contribution < -0.4 is 4.74 Å². The Hall–Kier alpha value is -2.21. The lowest BCUT2D eigenvalue weighted by molar-refractivity contribution is -0.0889. The lowest BCUT2D eigenvalue weighted by atomic mass is 9.90. The molecule has 1 fully saturated rings. The fourth-order valence-electron chi connectivity index (χ4n) is 4.36. The number of aliphatic hydroxyl groups excluding tert-OH is 1. The highest BCUT2D eigenvalue weighted by Gasteiger charge is 2.29. The number of hydrogen-bond acceptors (Lipinski definition) is 3. The maximum Gasteiger partial charge on any atom is 0.190 e. The molecule has 0 amide bonds. The molecule has 0 saturated carbocycles. The summed E-state index contributed by atoms with van der Waals surface area (Å²) in [5.41, 5.74) is 2.13. The number of fused-ring (bicyclic) bond motifs is 1. The van der Waals surface area contributed by atoms with E-state index in [1.54, 1.807) is 6.92 Å². The van der Waals surface area contributed by atoms with Crippen LogP contribution in [0.5, 0.6) is 5.75 Å². The Kier molecular flexibility index (Phi) is 6.47. The summed E-state index contributed by atoms with van der Waals surface area (Å²) in [5.74, 6) is -1.83. The van der Waals surface area contributed by atoms with Gasteiger partial charge in [0.05, 0.1) is 29.9 Å². The highest BCUT2D eigenvalue weighted by atomic mass is 35.5. The molecule has 0 bridgehead atoms. The molecule has 1 heterocycles. The van der Waals surface area contributed by atoms with Gasteiger partial charge in [-0.3, -0.25) is 0 Å². The predicted molar refractivity (Wildman–Crippen MR) is 118 cm³/mol. The number of halogens is 3. The Morgan fingerprint density at radius 3 is 2.42 bits per heavy atom. The summed E-state index contributed by atoms with van der Waals surface area (Å²) in [6, 6.07) is 12.2. The summed E-state index contributed by atoms with van der Waals surface area (Å²) in [6.07, 6.45) is 0.540. The van der Waals surface area contributed by atoms with Gasteiger partial charge in [0.2, 0.25) is 0 Å². The number of ether oxygens (including phenoxy) is 2. The van der Waals surface area contributed by atoms with E-state index in [0.29, 0.717) is 23.4 Å². The van der Waals surface area contributed by atoms with E-state index in [1.165, 1.54) is 12.1 Å². The molecule has 1 saturated heterocycles. The van der Waals surface area contributed by atoms with Gasteiger partial charge in [0.25, 0.3) is 0 Å². The van der Waals surface area contributed by atoms with Crippen molar-refractivity contribution in [1.29, 1.82) is 0 Å². The van der Waals surface area contributed by atoms with Crippen molar-refractivity contribution in [2.24, 2.45) is 0 Å². The smallest absolute Gasteiger partial charge is 0.190 e. The van der Waals surface area contributed by atoms with Crippen LogP contribution in [0.3, 0.4) is 0 Å². The summed E-state index contributed by atoms with van der Waals surface area (Å²) in [7, 11) is 0. The summed E-state index contributed by atoms with van der Waals surface area (Å²) >= 11 is 6.72. The van der Waals surface area contributed by atoms with Crippen molar-refractivity contribution in [1.82, 2.24) is 0 Å². The number of aliphatic hydroxyl groups is 1. The van der Waals surface area contributed by atoms with Gasteiger partial charge in [-0.2, -0.15) is 0 Å². The van der Waals surface area contributed by atoms with Crippen LogP contribution in [0.25, 0.3) is 10.8 Å². The van der Waals surface area contributed by atoms with E-state index in [1.807, 2.05) is 37.3 Å². The van der Waals surface area contributed by atoms with Gasteiger partial charge in [0.15, 0.2) is 17.4 Å². The molecular weight excluding hydrogens is 422 g/mol. The number of rotatable bonds is 5. The zero-order valence-electron chi connectivity index (χ0n) is 17.5. The van der Waals surface area contributed by atoms with Crippen LogP contribution in [-0.2, 0) is 11.2 Å². The molecule has 31 heavy (non-hydrogen) atoms. The summed E-state index contributed by atoms with van der Waals surface area (Å²) < 4.78 is 39.9. The molecule has 4 rings (SSSR count). The van der Waals surface area contributed by atoms with E-state index in [2.05, 4.69) is 0 Å². The van der Waals surface area contributed by atoms with Crippen LogP contribution in [0.15, 0.2) is 42.5 Å². The molecule has 0 aromatic heterocycles. The molecule has 3 aromatic rings. The molecule has 3 unspecified atom stereocenters. The molecule has 3 aromatic carbocycles. The second-order valence-corrected chi connectivity index (χ2v) is 8.42. The first-order chi connectivity index (χ1) is 14.9. The van der Waals surface area contributed by atoms with Gasteiger partial charge in [-0.05, 0) is 60.9 Å². The van der Waals surface area contributed by atoms with Gasteiger partial charge < -0.3 is 14.6 Å². The summed E-state index contributed by atoms with van der Waals surface area (Å²) in [6.45, 7) is 3.80. The molecule has 0 spiro atoms. The maximum atomic E-state index is 14.4. The number of hydrogen-bond donors (Lipinski definition) is 1. The van der Waals surface area contributed by atoms with Crippen molar-refractivity contribution >= 4 is 22.4 Å². The Balaban J connectivity index is 1.78. The molecular formula is C25H25ClF2O3. The fraction of sp³-hybridized carbons (Fsp3) is 0.360. The average molecular weight is 447 g/mol. The van der Waals surface area contributed by atoms with Crippen LogP contribution in [-0.4, -0.2) is 23.9 Å². The fourth-order valence-corrected chi connectivity index (χ4v) is 4.64. The highest BCUT2D eigenvalue weighted by Crippen LogP contribution is 2.40. The van der Waals surface area contributed by atoms with Gasteiger partial charge in [-0.25, -0.2) is 8.78 Å². The molecule has 164 valence electrons.